The molecule has 1 aliphatic carbocycles. The average molecular weight is 256 g/mol. The zero-order valence-corrected chi connectivity index (χ0v) is 11.5. The minimum Gasteiger partial charge on any atom is -0.481 e. The topological polar surface area (TPSA) is 69.6 Å². The number of rotatable bonds is 5. The molecule has 1 aliphatic rings. The van der Waals surface area contributed by atoms with Crippen molar-refractivity contribution in [2.24, 2.45) is 5.41 Å². The molecule has 0 aliphatic heterocycles. The molecular weight excluding hydrogens is 232 g/mol. The van der Waals surface area contributed by atoms with Crippen LogP contribution in [0.2, 0.25) is 0 Å². The fraction of sp³-hybridized carbons (Fsp3) is 0.846. The van der Waals surface area contributed by atoms with Crippen molar-refractivity contribution in [1.29, 1.82) is 0 Å². The Morgan fingerprint density at radius 1 is 1.44 bits per heavy atom. The largest absolute Gasteiger partial charge is 0.481 e. The van der Waals surface area contributed by atoms with Gasteiger partial charge in [0.25, 0.3) is 0 Å². The summed E-state index contributed by atoms with van der Waals surface area (Å²) in [5, 5.41) is 11.6. The second-order valence-electron chi connectivity index (χ2n) is 5.78. The van der Waals surface area contributed by atoms with E-state index in [2.05, 4.69) is 19.2 Å². The maximum Gasteiger partial charge on any atom is 0.317 e. The number of hydrogen-bond donors (Lipinski definition) is 2. The van der Waals surface area contributed by atoms with Gasteiger partial charge in [0.2, 0.25) is 0 Å². The third-order valence-electron chi connectivity index (χ3n) is 3.56. The molecule has 2 amide bonds. The van der Waals surface area contributed by atoms with E-state index in [9.17, 15) is 9.59 Å². The van der Waals surface area contributed by atoms with E-state index < -0.39 is 5.97 Å². The van der Waals surface area contributed by atoms with Crippen molar-refractivity contribution in [2.75, 3.05) is 13.1 Å². The molecule has 0 radical (unpaired) electrons. The molecule has 2 N–H and O–H groups in total. The van der Waals surface area contributed by atoms with Crippen molar-refractivity contribution in [3.63, 3.8) is 0 Å². The van der Waals surface area contributed by atoms with Crippen LogP contribution >= 0.6 is 0 Å². The van der Waals surface area contributed by atoms with Crippen LogP contribution in [0.1, 0.15) is 46.5 Å². The van der Waals surface area contributed by atoms with Gasteiger partial charge in [0.15, 0.2) is 0 Å². The second kappa shape index (κ2) is 6.07. The van der Waals surface area contributed by atoms with Crippen LogP contribution in [-0.4, -0.2) is 41.1 Å². The van der Waals surface area contributed by atoms with Gasteiger partial charge in [-0.25, -0.2) is 4.79 Å². The Kier molecular flexibility index (Phi) is 4.99. The quantitative estimate of drug-likeness (QED) is 0.791. The molecule has 0 bridgehead atoms. The van der Waals surface area contributed by atoms with Gasteiger partial charge < -0.3 is 15.3 Å². The maximum atomic E-state index is 12.0. The third kappa shape index (κ3) is 4.55. The summed E-state index contributed by atoms with van der Waals surface area (Å²) in [6.07, 6.45) is 3.13. The molecule has 1 unspecified atom stereocenters. The van der Waals surface area contributed by atoms with Crippen molar-refractivity contribution >= 4 is 12.0 Å². The Morgan fingerprint density at radius 2 is 2.11 bits per heavy atom. The van der Waals surface area contributed by atoms with Crippen LogP contribution in [0.3, 0.4) is 0 Å². The zero-order valence-electron chi connectivity index (χ0n) is 11.5. The Bertz CT molecular complexity index is 315. The fourth-order valence-electron chi connectivity index (χ4n) is 2.46. The lowest BCUT2D eigenvalue weighted by atomic mass is 9.92. The minimum atomic E-state index is -0.872. The second-order valence-corrected chi connectivity index (χ2v) is 5.78. The molecule has 0 heterocycles. The molecule has 1 rings (SSSR count). The number of amides is 2. The number of hydrogen-bond acceptors (Lipinski definition) is 2. The van der Waals surface area contributed by atoms with E-state index in [0.29, 0.717) is 12.0 Å². The summed E-state index contributed by atoms with van der Waals surface area (Å²) in [7, 11) is 0. The summed E-state index contributed by atoms with van der Waals surface area (Å²) in [6, 6.07) is 0.0906. The van der Waals surface area contributed by atoms with E-state index in [1.54, 1.807) is 4.90 Å². The monoisotopic (exact) mass is 256 g/mol. The van der Waals surface area contributed by atoms with Crippen molar-refractivity contribution in [2.45, 2.75) is 52.5 Å². The van der Waals surface area contributed by atoms with Crippen molar-refractivity contribution < 1.29 is 14.7 Å². The van der Waals surface area contributed by atoms with Crippen LogP contribution < -0.4 is 5.32 Å². The zero-order chi connectivity index (χ0) is 13.8. The Balaban J connectivity index is 2.40. The molecule has 0 spiro atoms. The van der Waals surface area contributed by atoms with Crippen LogP contribution in [-0.2, 0) is 4.79 Å². The number of nitrogens with one attached hydrogen (secondary N) is 1. The predicted molar refractivity (Wildman–Crippen MR) is 69.5 cm³/mol. The van der Waals surface area contributed by atoms with Crippen molar-refractivity contribution in [1.82, 2.24) is 10.2 Å². The highest BCUT2D eigenvalue weighted by molar-refractivity contribution is 5.75. The average Bonchev–Trinajstić information content (AvgIpc) is 2.58. The van der Waals surface area contributed by atoms with E-state index in [1.165, 1.54) is 0 Å². The van der Waals surface area contributed by atoms with Crippen molar-refractivity contribution in [3.05, 3.63) is 0 Å². The smallest absolute Gasteiger partial charge is 0.317 e. The van der Waals surface area contributed by atoms with Gasteiger partial charge >= 0.3 is 12.0 Å². The molecule has 1 atom stereocenters. The molecule has 5 nitrogen and oxygen atoms in total. The van der Waals surface area contributed by atoms with E-state index in [0.717, 1.165) is 19.3 Å². The molecule has 1 fully saturated rings. The van der Waals surface area contributed by atoms with E-state index >= 15 is 0 Å². The van der Waals surface area contributed by atoms with Crippen molar-refractivity contribution in [3.8, 4) is 0 Å². The molecule has 104 valence electrons. The molecule has 0 aromatic carbocycles. The highest BCUT2D eigenvalue weighted by Gasteiger charge is 2.32. The third-order valence-corrected chi connectivity index (χ3v) is 3.56. The number of carboxylic acids is 1. The van der Waals surface area contributed by atoms with Gasteiger partial charge in [-0.1, -0.05) is 13.8 Å². The lowest BCUT2D eigenvalue weighted by Crippen LogP contribution is -2.45. The first-order valence-corrected chi connectivity index (χ1v) is 6.61. The summed E-state index contributed by atoms with van der Waals surface area (Å²) in [4.78, 5) is 24.0. The Hall–Kier alpha value is -1.26. The van der Waals surface area contributed by atoms with Gasteiger partial charge in [-0.05, 0) is 31.6 Å². The number of carbonyl (C=O) groups excluding carboxylic acids is 1. The van der Waals surface area contributed by atoms with Crippen LogP contribution in [0.25, 0.3) is 0 Å². The summed E-state index contributed by atoms with van der Waals surface area (Å²) in [6.45, 7) is 7.09. The minimum absolute atomic E-state index is 0.00256. The lowest BCUT2D eigenvalue weighted by Gasteiger charge is -2.24. The SMILES string of the molecule is CCN(CCC(=O)O)C(=O)NC1CCC(C)(C)C1. The van der Waals surface area contributed by atoms with E-state index in [-0.39, 0.29) is 25.0 Å². The number of carbonyl (C=O) groups is 2. The number of nitrogens with zero attached hydrogens (tertiary/aromatic N) is 1. The van der Waals surface area contributed by atoms with Crippen LogP contribution in [0.4, 0.5) is 4.79 Å². The highest BCUT2D eigenvalue weighted by atomic mass is 16.4. The molecular formula is C13H24N2O3. The first kappa shape index (κ1) is 14.8. The predicted octanol–water partition coefficient (Wildman–Crippen LogP) is 2.07. The summed E-state index contributed by atoms with van der Waals surface area (Å²) >= 11 is 0. The molecule has 0 aromatic rings. The molecule has 18 heavy (non-hydrogen) atoms. The first-order valence-electron chi connectivity index (χ1n) is 6.61. The van der Waals surface area contributed by atoms with Gasteiger partial charge in [0.05, 0.1) is 6.42 Å². The van der Waals surface area contributed by atoms with Crippen LogP contribution in [0, 0.1) is 5.41 Å². The molecule has 0 saturated heterocycles. The number of carboxylic acid groups (broad SMARTS) is 1. The summed E-state index contributed by atoms with van der Waals surface area (Å²) < 4.78 is 0. The lowest BCUT2D eigenvalue weighted by molar-refractivity contribution is -0.137. The summed E-state index contributed by atoms with van der Waals surface area (Å²) in [5.41, 5.74) is 0.302. The van der Waals surface area contributed by atoms with Crippen LogP contribution in [0.15, 0.2) is 0 Å². The maximum absolute atomic E-state index is 12.0. The molecule has 1 saturated carbocycles. The van der Waals surface area contributed by atoms with E-state index in [1.807, 2.05) is 6.92 Å². The molecule has 5 heteroatoms. The standard InChI is InChI=1S/C13H24N2O3/c1-4-15(8-6-11(16)17)12(18)14-10-5-7-13(2,3)9-10/h10H,4-9H2,1-3H3,(H,14,18)(H,16,17). The Labute approximate surface area is 109 Å². The van der Waals surface area contributed by atoms with E-state index in [4.69, 9.17) is 5.11 Å². The summed E-state index contributed by atoms with van der Waals surface area (Å²) in [5.74, 6) is -0.872. The number of urea groups is 1. The normalized spacial score (nSPS) is 21.6. The first-order chi connectivity index (χ1) is 8.34. The van der Waals surface area contributed by atoms with Crippen LogP contribution in [0.5, 0.6) is 0 Å². The van der Waals surface area contributed by atoms with Gasteiger partial charge in [0.1, 0.15) is 0 Å². The van der Waals surface area contributed by atoms with Gasteiger partial charge in [0, 0.05) is 19.1 Å². The van der Waals surface area contributed by atoms with Gasteiger partial charge in [-0.15, -0.1) is 0 Å². The number of aliphatic carboxylic acids is 1. The van der Waals surface area contributed by atoms with Gasteiger partial charge in [-0.3, -0.25) is 4.79 Å². The van der Waals surface area contributed by atoms with Gasteiger partial charge in [-0.2, -0.15) is 0 Å². The fourth-order valence-corrected chi connectivity index (χ4v) is 2.46. The molecule has 0 aromatic heterocycles. The highest BCUT2D eigenvalue weighted by Crippen LogP contribution is 2.36. The Morgan fingerprint density at radius 3 is 2.56 bits per heavy atom.